The van der Waals surface area contributed by atoms with E-state index in [1.54, 1.807) is 23.7 Å². The highest BCUT2D eigenvalue weighted by Crippen LogP contribution is 2.33. The lowest BCUT2D eigenvalue weighted by atomic mass is 10.3. The summed E-state index contributed by atoms with van der Waals surface area (Å²) in [6.45, 7) is 0. The molecule has 0 bridgehead atoms. The molecule has 21 heavy (non-hydrogen) atoms. The standard InChI is InChI=1S/C14H9BrN2O2S2/c15-9-3-8(5-16-6-9)14-17-11(7-20-14)12-2-1-10(21-12)4-13(18)19/h1-3,5-7H,4H2,(H,18,19). The number of carboxylic acids is 1. The number of halogens is 1. The van der Waals surface area contributed by atoms with Crippen LogP contribution in [-0.4, -0.2) is 21.0 Å². The summed E-state index contributed by atoms with van der Waals surface area (Å²) in [7, 11) is 0. The average Bonchev–Trinajstić information content (AvgIpc) is 3.06. The van der Waals surface area contributed by atoms with Gasteiger partial charge in [0, 0.05) is 32.7 Å². The largest absolute Gasteiger partial charge is 0.481 e. The number of thiazole rings is 1. The van der Waals surface area contributed by atoms with Crippen LogP contribution >= 0.6 is 38.6 Å². The third kappa shape index (κ3) is 3.37. The van der Waals surface area contributed by atoms with Crippen LogP contribution in [0, 0.1) is 0 Å². The Morgan fingerprint density at radius 2 is 2.19 bits per heavy atom. The van der Waals surface area contributed by atoms with Gasteiger partial charge in [-0.3, -0.25) is 9.78 Å². The van der Waals surface area contributed by atoms with Gasteiger partial charge in [0.1, 0.15) is 5.01 Å². The molecule has 3 rings (SSSR count). The summed E-state index contributed by atoms with van der Waals surface area (Å²) in [4.78, 5) is 21.3. The molecule has 3 heterocycles. The maximum atomic E-state index is 10.7. The Bertz CT molecular complexity index is 798. The molecule has 0 amide bonds. The monoisotopic (exact) mass is 380 g/mol. The summed E-state index contributed by atoms with van der Waals surface area (Å²) in [5.74, 6) is -0.817. The number of nitrogens with zero attached hydrogens (tertiary/aromatic N) is 2. The molecule has 0 fully saturated rings. The van der Waals surface area contributed by atoms with Crippen molar-refractivity contribution in [3.05, 3.63) is 45.3 Å². The van der Waals surface area contributed by atoms with E-state index in [-0.39, 0.29) is 6.42 Å². The second kappa shape index (κ2) is 6.05. The Morgan fingerprint density at radius 1 is 1.33 bits per heavy atom. The molecule has 1 N–H and O–H groups in total. The lowest BCUT2D eigenvalue weighted by Crippen LogP contribution is -1.96. The number of hydrogen-bond acceptors (Lipinski definition) is 5. The predicted octanol–water partition coefficient (Wildman–Crippen LogP) is 4.32. The van der Waals surface area contributed by atoms with Gasteiger partial charge in [0.2, 0.25) is 0 Å². The molecule has 7 heteroatoms. The predicted molar refractivity (Wildman–Crippen MR) is 87.7 cm³/mol. The van der Waals surface area contributed by atoms with Crippen molar-refractivity contribution in [1.29, 1.82) is 0 Å². The van der Waals surface area contributed by atoms with E-state index in [4.69, 9.17) is 5.11 Å². The number of thiophene rings is 1. The fourth-order valence-electron chi connectivity index (χ4n) is 1.81. The van der Waals surface area contributed by atoms with Crippen molar-refractivity contribution < 1.29 is 9.90 Å². The first-order valence-corrected chi connectivity index (χ1v) is 8.48. The third-order valence-electron chi connectivity index (χ3n) is 2.70. The zero-order valence-corrected chi connectivity index (χ0v) is 13.8. The third-order valence-corrected chi connectivity index (χ3v) is 5.13. The van der Waals surface area contributed by atoms with Gasteiger partial charge in [0.25, 0.3) is 0 Å². The SMILES string of the molecule is O=C(O)Cc1ccc(-c2csc(-c3cncc(Br)c3)n2)s1. The minimum absolute atomic E-state index is 0.0528. The van der Waals surface area contributed by atoms with Gasteiger partial charge in [0.05, 0.1) is 17.0 Å². The van der Waals surface area contributed by atoms with Crippen LogP contribution in [-0.2, 0) is 11.2 Å². The molecule has 0 saturated carbocycles. The van der Waals surface area contributed by atoms with Gasteiger partial charge in [-0.25, -0.2) is 4.98 Å². The minimum atomic E-state index is -0.817. The molecule has 4 nitrogen and oxygen atoms in total. The first-order chi connectivity index (χ1) is 10.1. The molecule has 0 saturated heterocycles. The molecule has 3 aromatic heterocycles. The maximum Gasteiger partial charge on any atom is 0.308 e. The fraction of sp³-hybridized carbons (Fsp3) is 0.0714. The summed E-state index contributed by atoms with van der Waals surface area (Å²) < 4.78 is 0.914. The number of aliphatic carboxylic acids is 1. The lowest BCUT2D eigenvalue weighted by Gasteiger charge is -1.95. The van der Waals surface area contributed by atoms with Crippen LogP contribution in [0.1, 0.15) is 4.88 Å². The molecule has 0 aromatic carbocycles. The maximum absolute atomic E-state index is 10.7. The molecule has 0 spiro atoms. The van der Waals surface area contributed by atoms with Crippen molar-refractivity contribution in [2.75, 3.05) is 0 Å². The van der Waals surface area contributed by atoms with Crippen LogP contribution < -0.4 is 0 Å². The van der Waals surface area contributed by atoms with Crippen LogP contribution in [0.3, 0.4) is 0 Å². The summed E-state index contributed by atoms with van der Waals surface area (Å²) in [5, 5.41) is 11.7. The van der Waals surface area contributed by atoms with Gasteiger partial charge in [-0.05, 0) is 34.1 Å². The summed E-state index contributed by atoms with van der Waals surface area (Å²) in [6, 6.07) is 5.73. The Kier molecular flexibility index (Phi) is 4.14. The van der Waals surface area contributed by atoms with Crippen LogP contribution in [0.25, 0.3) is 21.1 Å². The van der Waals surface area contributed by atoms with E-state index in [2.05, 4.69) is 25.9 Å². The fourth-order valence-corrected chi connectivity index (χ4v) is 4.01. The second-order valence-electron chi connectivity index (χ2n) is 4.27. The Hall–Kier alpha value is -1.57. The van der Waals surface area contributed by atoms with Crippen molar-refractivity contribution in [2.24, 2.45) is 0 Å². The van der Waals surface area contributed by atoms with Crippen LogP contribution in [0.5, 0.6) is 0 Å². The number of carboxylic acid groups (broad SMARTS) is 1. The molecular formula is C14H9BrN2O2S2. The lowest BCUT2D eigenvalue weighted by molar-refractivity contribution is -0.136. The minimum Gasteiger partial charge on any atom is -0.481 e. The van der Waals surface area contributed by atoms with Crippen LogP contribution in [0.4, 0.5) is 0 Å². The number of rotatable bonds is 4. The van der Waals surface area contributed by atoms with E-state index in [0.717, 1.165) is 30.5 Å². The van der Waals surface area contributed by atoms with Gasteiger partial charge in [-0.1, -0.05) is 0 Å². The van der Waals surface area contributed by atoms with Gasteiger partial charge in [-0.2, -0.15) is 0 Å². The zero-order valence-electron chi connectivity index (χ0n) is 10.6. The highest BCUT2D eigenvalue weighted by Gasteiger charge is 2.11. The molecule has 0 radical (unpaired) electrons. The molecular weight excluding hydrogens is 372 g/mol. The average molecular weight is 381 g/mol. The molecule has 0 unspecified atom stereocenters. The van der Waals surface area contributed by atoms with Crippen LogP contribution in [0.15, 0.2) is 40.4 Å². The number of carbonyl (C=O) groups is 1. The van der Waals surface area contributed by atoms with Gasteiger partial charge < -0.3 is 5.11 Å². The summed E-state index contributed by atoms with van der Waals surface area (Å²) in [5.41, 5.74) is 1.83. The van der Waals surface area contributed by atoms with Crippen molar-refractivity contribution in [2.45, 2.75) is 6.42 Å². The van der Waals surface area contributed by atoms with E-state index < -0.39 is 5.97 Å². The number of pyridine rings is 1. The normalized spacial score (nSPS) is 10.7. The number of aromatic nitrogens is 2. The first-order valence-electron chi connectivity index (χ1n) is 5.99. The highest BCUT2D eigenvalue weighted by molar-refractivity contribution is 9.10. The quantitative estimate of drug-likeness (QED) is 0.731. The molecule has 0 aliphatic rings. The van der Waals surface area contributed by atoms with Crippen molar-refractivity contribution in [3.8, 4) is 21.1 Å². The zero-order chi connectivity index (χ0) is 14.8. The molecule has 3 aromatic rings. The molecule has 106 valence electrons. The Labute approximate surface area is 137 Å². The summed E-state index contributed by atoms with van der Waals surface area (Å²) in [6.07, 6.45) is 3.56. The Morgan fingerprint density at radius 3 is 2.95 bits per heavy atom. The van der Waals surface area contributed by atoms with Gasteiger partial charge in [-0.15, -0.1) is 22.7 Å². The van der Waals surface area contributed by atoms with E-state index in [1.807, 2.05) is 23.6 Å². The molecule has 0 atom stereocenters. The first kappa shape index (κ1) is 14.4. The smallest absolute Gasteiger partial charge is 0.308 e. The van der Waals surface area contributed by atoms with E-state index in [1.165, 1.54) is 11.3 Å². The Balaban J connectivity index is 1.88. The molecule has 0 aliphatic carbocycles. The topological polar surface area (TPSA) is 63.1 Å². The number of hydrogen-bond donors (Lipinski definition) is 1. The van der Waals surface area contributed by atoms with E-state index in [9.17, 15) is 4.79 Å². The van der Waals surface area contributed by atoms with Crippen LogP contribution in [0.2, 0.25) is 0 Å². The highest BCUT2D eigenvalue weighted by atomic mass is 79.9. The van der Waals surface area contributed by atoms with Crippen molar-refractivity contribution >= 4 is 44.6 Å². The van der Waals surface area contributed by atoms with Gasteiger partial charge in [0.15, 0.2) is 0 Å². The molecule has 0 aliphatic heterocycles. The van der Waals surface area contributed by atoms with E-state index in [0.29, 0.717) is 0 Å². The van der Waals surface area contributed by atoms with Crippen molar-refractivity contribution in [3.63, 3.8) is 0 Å². The summed E-state index contributed by atoms with van der Waals surface area (Å²) >= 11 is 6.41. The second-order valence-corrected chi connectivity index (χ2v) is 7.21. The van der Waals surface area contributed by atoms with E-state index >= 15 is 0 Å². The van der Waals surface area contributed by atoms with Gasteiger partial charge >= 0.3 is 5.97 Å². The van der Waals surface area contributed by atoms with Crippen molar-refractivity contribution in [1.82, 2.24) is 9.97 Å².